The Bertz CT molecular complexity index is 1160. The van der Waals surface area contributed by atoms with Crippen molar-refractivity contribution in [3.05, 3.63) is 51.1 Å². The molecule has 2 atom stereocenters. The minimum Gasteiger partial charge on any atom is -0.337 e. The van der Waals surface area contributed by atoms with Gasteiger partial charge in [-0.3, -0.25) is 14.2 Å². The van der Waals surface area contributed by atoms with Crippen LogP contribution in [0.25, 0.3) is 15.9 Å². The van der Waals surface area contributed by atoms with E-state index in [1.807, 2.05) is 42.2 Å². The highest BCUT2D eigenvalue weighted by molar-refractivity contribution is 7.99. The molecule has 1 aliphatic heterocycles. The van der Waals surface area contributed by atoms with Gasteiger partial charge in [0.2, 0.25) is 5.91 Å². The van der Waals surface area contributed by atoms with Crippen LogP contribution in [0.1, 0.15) is 56.9 Å². The standard InChI is InChI=1S/C25H31N3O2S2/c1-5-10-20-18(4)22-23(32-20)26-25(28(24(22)30)19-13-7-6-8-14-19)31-15-21(29)27-16(2)11-9-12-17(27)3/h6-8,13-14,16-17H,5,9-12,15H2,1-4H3/t16-,17+. The highest BCUT2D eigenvalue weighted by atomic mass is 32.2. The van der Waals surface area contributed by atoms with Crippen LogP contribution in [-0.4, -0.2) is 38.2 Å². The number of rotatable bonds is 6. The molecule has 1 aromatic carbocycles. The van der Waals surface area contributed by atoms with E-state index in [0.717, 1.165) is 41.8 Å². The Balaban J connectivity index is 1.74. The number of piperidine rings is 1. The van der Waals surface area contributed by atoms with Crippen molar-refractivity contribution in [2.75, 3.05) is 5.75 Å². The Hall–Kier alpha value is -2.12. The van der Waals surface area contributed by atoms with Crippen LogP contribution < -0.4 is 5.56 Å². The maximum Gasteiger partial charge on any atom is 0.267 e. The van der Waals surface area contributed by atoms with Crippen LogP contribution in [0.4, 0.5) is 0 Å². The predicted molar refractivity (Wildman–Crippen MR) is 134 cm³/mol. The number of likely N-dealkylation sites (tertiary alicyclic amines) is 1. The summed E-state index contributed by atoms with van der Waals surface area (Å²) in [4.78, 5) is 35.7. The van der Waals surface area contributed by atoms with Crippen LogP contribution >= 0.6 is 23.1 Å². The zero-order chi connectivity index (χ0) is 22.8. The van der Waals surface area contributed by atoms with E-state index < -0.39 is 0 Å². The lowest BCUT2D eigenvalue weighted by Gasteiger charge is -2.39. The Kier molecular flexibility index (Phi) is 7.05. The number of para-hydroxylation sites is 1. The smallest absolute Gasteiger partial charge is 0.267 e. The normalized spacial score (nSPS) is 18.9. The van der Waals surface area contributed by atoms with Gasteiger partial charge < -0.3 is 4.90 Å². The first kappa shape index (κ1) is 23.1. The van der Waals surface area contributed by atoms with Crippen LogP contribution in [0.3, 0.4) is 0 Å². The lowest BCUT2D eigenvalue weighted by molar-refractivity contribution is -0.134. The highest BCUT2D eigenvalue weighted by Crippen LogP contribution is 2.31. The molecule has 0 aliphatic carbocycles. The third kappa shape index (κ3) is 4.37. The number of thioether (sulfide) groups is 1. The molecule has 32 heavy (non-hydrogen) atoms. The van der Waals surface area contributed by atoms with Crippen LogP contribution in [0.5, 0.6) is 0 Å². The first-order valence-corrected chi connectivity index (χ1v) is 13.3. The van der Waals surface area contributed by atoms with E-state index in [1.165, 1.54) is 23.1 Å². The Morgan fingerprint density at radius 1 is 1.19 bits per heavy atom. The molecule has 0 bridgehead atoms. The second kappa shape index (κ2) is 9.79. The number of hydrogen-bond acceptors (Lipinski definition) is 5. The van der Waals surface area contributed by atoms with E-state index in [0.29, 0.717) is 10.5 Å². The van der Waals surface area contributed by atoms with Crippen molar-refractivity contribution >= 4 is 39.2 Å². The van der Waals surface area contributed by atoms with Crippen molar-refractivity contribution in [1.82, 2.24) is 14.5 Å². The number of hydrogen-bond donors (Lipinski definition) is 0. The lowest BCUT2D eigenvalue weighted by Crippen LogP contribution is -2.48. The monoisotopic (exact) mass is 469 g/mol. The first-order chi connectivity index (χ1) is 15.4. The van der Waals surface area contributed by atoms with Gasteiger partial charge in [0.25, 0.3) is 5.56 Å². The van der Waals surface area contributed by atoms with Gasteiger partial charge in [-0.1, -0.05) is 43.3 Å². The number of aromatic nitrogens is 2. The number of carbonyl (C=O) groups excluding carboxylic acids is 1. The highest BCUT2D eigenvalue weighted by Gasteiger charge is 2.29. The topological polar surface area (TPSA) is 55.2 Å². The van der Waals surface area contributed by atoms with Crippen molar-refractivity contribution in [2.24, 2.45) is 0 Å². The zero-order valence-electron chi connectivity index (χ0n) is 19.3. The predicted octanol–water partition coefficient (Wildman–Crippen LogP) is 5.59. The molecule has 5 nitrogen and oxygen atoms in total. The molecule has 1 fully saturated rings. The average Bonchev–Trinajstić information content (AvgIpc) is 3.08. The number of aryl methyl sites for hydroxylation is 2. The third-order valence-electron chi connectivity index (χ3n) is 6.33. The van der Waals surface area contributed by atoms with Crippen molar-refractivity contribution in [3.63, 3.8) is 0 Å². The number of amides is 1. The van der Waals surface area contributed by atoms with Gasteiger partial charge in [0.15, 0.2) is 5.16 Å². The Morgan fingerprint density at radius 2 is 1.88 bits per heavy atom. The molecule has 0 saturated carbocycles. The van der Waals surface area contributed by atoms with Gasteiger partial charge in [-0.05, 0) is 64.2 Å². The summed E-state index contributed by atoms with van der Waals surface area (Å²) in [5, 5.41) is 1.29. The summed E-state index contributed by atoms with van der Waals surface area (Å²) >= 11 is 2.98. The Labute approximate surface area is 197 Å². The SMILES string of the molecule is CCCc1sc2nc(SCC(=O)N3[C@H](C)CCC[C@@H]3C)n(-c3ccccc3)c(=O)c2c1C. The summed E-state index contributed by atoms with van der Waals surface area (Å²) in [6, 6.07) is 10.1. The van der Waals surface area contributed by atoms with E-state index >= 15 is 0 Å². The number of carbonyl (C=O) groups is 1. The van der Waals surface area contributed by atoms with Gasteiger partial charge in [-0.25, -0.2) is 4.98 Å². The van der Waals surface area contributed by atoms with Crippen molar-refractivity contribution in [1.29, 1.82) is 0 Å². The zero-order valence-corrected chi connectivity index (χ0v) is 20.9. The molecule has 4 rings (SSSR count). The summed E-state index contributed by atoms with van der Waals surface area (Å²) < 4.78 is 1.68. The molecule has 1 aliphatic rings. The summed E-state index contributed by atoms with van der Waals surface area (Å²) in [7, 11) is 0. The van der Waals surface area contributed by atoms with Gasteiger partial charge >= 0.3 is 0 Å². The molecule has 0 spiro atoms. The average molecular weight is 470 g/mol. The quantitative estimate of drug-likeness (QED) is 0.349. The molecule has 0 unspecified atom stereocenters. The summed E-state index contributed by atoms with van der Waals surface area (Å²) in [5.74, 6) is 0.406. The lowest BCUT2D eigenvalue weighted by atomic mass is 9.98. The summed E-state index contributed by atoms with van der Waals surface area (Å²) in [5.41, 5.74) is 1.77. The first-order valence-electron chi connectivity index (χ1n) is 11.5. The van der Waals surface area contributed by atoms with Crippen LogP contribution in [-0.2, 0) is 11.2 Å². The van der Waals surface area contributed by atoms with Gasteiger partial charge in [-0.2, -0.15) is 0 Å². The van der Waals surface area contributed by atoms with Gasteiger partial charge in [0.1, 0.15) is 4.83 Å². The fourth-order valence-corrected chi connectivity index (χ4v) is 6.89. The molecular weight excluding hydrogens is 438 g/mol. The van der Waals surface area contributed by atoms with E-state index in [2.05, 4.69) is 20.8 Å². The van der Waals surface area contributed by atoms with E-state index in [-0.39, 0.29) is 29.3 Å². The van der Waals surface area contributed by atoms with E-state index in [4.69, 9.17) is 4.98 Å². The molecule has 1 amide bonds. The number of benzene rings is 1. The molecule has 7 heteroatoms. The molecule has 3 aromatic rings. The number of nitrogens with zero attached hydrogens (tertiary/aromatic N) is 3. The fourth-order valence-electron chi connectivity index (χ4n) is 4.69. The maximum absolute atomic E-state index is 13.7. The molecule has 170 valence electrons. The van der Waals surface area contributed by atoms with Crippen LogP contribution in [0, 0.1) is 6.92 Å². The van der Waals surface area contributed by atoms with Crippen LogP contribution in [0.15, 0.2) is 40.3 Å². The van der Waals surface area contributed by atoms with Crippen molar-refractivity contribution in [2.45, 2.75) is 77.0 Å². The minimum absolute atomic E-state index is 0.0491. The largest absolute Gasteiger partial charge is 0.337 e. The van der Waals surface area contributed by atoms with E-state index in [1.54, 1.807) is 15.9 Å². The van der Waals surface area contributed by atoms with Crippen molar-refractivity contribution in [3.8, 4) is 5.69 Å². The third-order valence-corrected chi connectivity index (χ3v) is 8.50. The Morgan fingerprint density at radius 3 is 2.53 bits per heavy atom. The molecule has 2 aromatic heterocycles. The molecule has 3 heterocycles. The molecular formula is C25H31N3O2S2. The molecule has 1 saturated heterocycles. The number of fused-ring (bicyclic) bond motifs is 1. The number of thiophene rings is 1. The molecule has 0 N–H and O–H groups in total. The van der Waals surface area contributed by atoms with Crippen molar-refractivity contribution < 1.29 is 4.79 Å². The second-order valence-electron chi connectivity index (χ2n) is 8.67. The fraction of sp³-hybridized carbons (Fsp3) is 0.480. The molecule has 0 radical (unpaired) electrons. The van der Waals surface area contributed by atoms with Crippen LogP contribution in [0.2, 0.25) is 0 Å². The summed E-state index contributed by atoms with van der Waals surface area (Å²) in [6.07, 6.45) is 5.25. The van der Waals surface area contributed by atoms with Gasteiger partial charge in [0.05, 0.1) is 16.8 Å². The minimum atomic E-state index is -0.0491. The van der Waals surface area contributed by atoms with Gasteiger partial charge in [-0.15, -0.1) is 11.3 Å². The second-order valence-corrected chi connectivity index (χ2v) is 10.7. The maximum atomic E-state index is 13.7. The summed E-state index contributed by atoms with van der Waals surface area (Å²) in [6.45, 7) is 8.44. The van der Waals surface area contributed by atoms with E-state index in [9.17, 15) is 9.59 Å². The van der Waals surface area contributed by atoms with Gasteiger partial charge in [0, 0.05) is 17.0 Å².